The van der Waals surface area contributed by atoms with Crippen molar-refractivity contribution in [1.29, 1.82) is 5.26 Å². The molecule has 0 atom stereocenters. The Morgan fingerprint density at radius 1 is 1.27 bits per heavy atom. The van der Waals surface area contributed by atoms with Crippen LogP contribution in [0.2, 0.25) is 0 Å². The molecule has 224 valence electrons. The number of hydrogen-bond acceptors (Lipinski definition) is 7. The molecule has 0 aliphatic carbocycles. The predicted molar refractivity (Wildman–Crippen MR) is 162 cm³/mol. The van der Waals surface area contributed by atoms with Gasteiger partial charge in [0.2, 0.25) is 0 Å². The molecular weight excluding hydrogens is 551 g/mol. The van der Waals surface area contributed by atoms with E-state index < -0.39 is 5.82 Å². The van der Waals surface area contributed by atoms with Crippen molar-refractivity contribution in [1.82, 2.24) is 14.7 Å². The van der Waals surface area contributed by atoms with Gasteiger partial charge >= 0.3 is 6.09 Å². The zero-order valence-electron chi connectivity index (χ0n) is 25.1. The predicted octanol–water partition coefficient (Wildman–Crippen LogP) is 6.22. The number of hydrogen-bond donors (Lipinski definition) is 1. The molecule has 1 aromatic carbocycles. The van der Waals surface area contributed by atoms with E-state index in [2.05, 4.69) is 50.7 Å². The zero-order valence-corrected chi connectivity index (χ0v) is 26.7. The van der Waals surface area contributed by atoms with Crippen LogP contribution in [-0.4, -0.2) is 80.9 Å². The van der Waals surface area contributed by atoms with Gasteiger partial charge in [-0.15, -0.1) is 11.8 Å². The van der Waals surface area contributed by atoms with Crippen molar-refractivity contribution < 1.29 is 23.8 Å². The van der Waals surface area contributed by atoms with E-state index in [1.54, 1.807) is 21.8 Å². The molecule has 8 nitrogen and oxygen atoms in total. The Morgan fingerprint density at radius 3 is 2.40 bits per heavy atom. The summed E-state index contributed by atoms with van der Waals surface area (Å²) in [4.78, 5) is 14.4. The van der Waals surface area contributed by atoms with Gasteiger partial charge < -0.3 is 19.5 Å². The molecule has 1 N–H and O–H groups in total. The molecule has 1 fully saturated rings. The number of rotatable bonds is 8. The van der Waals surface area contributed by atoms with Crippen LogP contribution in [0.1, 0.15) is 64.8 Å². The van der Waals surface area contributed by atoms with Crippen molar-refractivity contribution in [2.24, 2.45) is 0 Å². The number of thioether (sulfide) groups is 1. The number of likely N-dealkylation sites (tertiary alicyclic amines) is 1. The molecule has 0 unspecified atom stereocenters. The summed E-state index contributed by atoms with van der Waals surface area (Å²) in [6, 6.07) is 6.80. The molecule has 0 saturated carbocycles. The summed E-state index contributed by atoms with van der Waals surface area (Å²) >= 11 is 1.35. The van der Waals surface area contributed by atoms with Crippen LogP contribution < -0.4 is 4.74 Å². The Hall–Kier alpha value is -2.42. The summed E-state index contributed by atoms with van der Waals surface area (Å²) in [5, 5.41) is 22.9. The molecule has 3 rings (SSSR count). The van der Waals surface area contributed by atoms with E-state index >= 15 is 0 Å². The highest BCUT2D eigenvalue weighted by Gasteiger charge is 2.28. The first kappa shape index (κ1) is 33.8. The number of aromatic nitrogens is 2. The number of carbonyl (C=O) groups excluding carboxylic acids is 1. The number of carbonyl (C=O) groups is 1. The molecule has 1 aliphatic heterocycles. The van der Waals surface area contributed by atoms with Gasteiger partial charge in [0.1, 0.15) is 18.4 Å². The summed E-state index contributed by atoms with van der Waals surface area (Å²) < 4.78 is 27.4. The van der Waals surface area contributed by atoms with Crippen molar-refractivity contribution >= 4 is 27.9 Å². The standard InChI is InChI=1S/C22H27FN4O4S.C7H18S/c1-15(2)31-22(29)26-7-5-17(6-8-26)27-20(12-24)16(13-25-27)14-30-21-4-3-18(11-19(21)23)32-10-9-28;1-7(2,3)8(4,5)6/h3-4,11,13,15,17,28H,5-10,14H2,1-2H3;1-6H3. The van der Waals surface area contributed by atoms with E-state index in [1.807, 2.05) is 13.8 Å². The summed E-state index contributed by atoms with van der Waals surface area (Å²) in [7, 11) is -0.340. The summed E-state index contributed by atoms with van der Waals surface area (Å²) in [6.45, 7) is 11.6. The Bertz CT molecular complexity index is 1130. The lowest BCUT2D eigenvalue weighted by Crippen LogP contribution is -2.40. The van der Waals surface area contributed by atoms with Gasteiger partial charge in [0.05, 0.1) is 24.9 Å². The molecule has 1 saturated heterocycles. The van der Waals surface area contributed by atoms with Crippen LogP contribution in [0.25, 0.3) is 0 Å². The highest BCUT2D eigenvalue weighted by Crippen LogP contribution is 2.48. The topological polar surface area (TPSA) is 101 Å². The van der Waals surface area contributed by atoms with E-state index in [9.17, 15) is 14.4 Å². The number of aliphatic hydroxyl groups excluding tert-OH is 1. The molecule has 0 bridgehead atoms. The average molecular weight is 597 g/mol. The minimum atomic E-state index is -0.500. The molecular formula is C29H45FN4O4S2. The van der Waals surface area contributed by atoms with E-state index in [-0.39, 0.29) is 47.2 Å². The molecule has 1 aliphatic rings. The fraction of sp³-hybridized carbons (Fsp3) is 0.621. The number of amides is 1. The third-order valence-electron chi connectivity index (χ3n) is 6.87. The van der Waals surface area contributed by atoms with Crippen molar-refractivity contribution in [3.63, 3.8) is 0 Å². The Balaban J connectivity index is 0.000000611. The third kappa shape index (κ3) is 9.89. The zero-order chi connectivity index (χ0) is 30.1. The van der Waals surface area contributed by atoms with E-state index in [0.717, 1.165) is 0 Å². The normalized spacial score (nSPS) is 14.8. The van der Waals surface area contributed by atoms with Gasteiger partial charge in [0.25, 0.3) is 0 Å². The van der Waals surface area contributed by atoms with Gasteiger partial charge in [-0.05, 0) is 68.4 Å². The maximum absolute atomic E-state index is 14.3. The van der Waals surface area contributed by atoms with Crippen LogP contribution in [0.3, 0.4) is 0 Å². The maximum Gasteiger partial charge on any atom is 0.410 e. The van der Waals surface area contributed by atoms with Crippen molar-refractivity contribution in [2.75, 3.05) is 44.2 Å². The first-order chi connectivity index (χ1) is 18.7. The van der Waals surface area contributed by atoms with Gasteiger partial charge in [-0.2, -0.15) is 10.4 Å². The van der Waals surface area contributed by atoms with Crippen molar-refractivity contribution in [3.05, 3.63) is 41.5 Å². The number of piperidine rings is 1. The Kier molecular flexibility index (Phi) is 12.7. The largest absolute Gasteiger partial charge is 0.486 e. The van der Waals surface area contributed by atoms with Crippen molar-refractivity contribution in [2.45, 2.75) is 75.9 Å². The lowest BCUT2D eigenvalue weighted by molar-refractivity contribution is 0.0652. The summed E-state index contributed by atoms with van der Waals surface area (Å²) in [5.41, 5.74) is 0.955. The van der Waals surface area contributed by atoms with E-state index in [0.29, 0.717) is 52.6 Å². The number of nitrogens with zero attached hydrogens (tertiary/aromatic N) is 4. The van der Waals surface area contributed by atoms with Crippen LogP contribution in [0.5, 0.6) is 5.75 Å². The van der Waals surface area contributed by atoms with Crippen LogP contribution in [0, 0.1) is 17.1 Å². The molecule has 2 aromatic rings. The molecule has 2 heterocycles. The molecule has 1 amide bonds. The molecule has 11 heteroatoms. The first-order valence-corrected chi connectivity index (χ1v) is 17.3. The van der Waals surface area contributed by atoms with Crippen LogP contribution in [-0.2, 0) is 11.3 Å². The molecule has 40 heavy (non-hydrogen) atoms. The third-order valence-corrected chi connectivity index (χ3v) is 11.5. The monoisotopic (exact) mass is 596 g/mol. The van der Waals surface area contributed by atoms with Gasteiger partial charge in [-0.25, -0.2) is 19.2 Å². The second-order valence-corrected chi connectivity index (χ2v) is 17.7. The van der Waals surface area contributed by atoms with Gasteiger partial charge in [0.15, 0.2) is 11.6 Å². The molecule has 0 spiro atoms. The number of halogens is 1. The second-order valence-electron chi connectivity index (χ2n) is 11.6. The lowest BCUT2D eigenvalue weighted by Gasteiger charge is -2.40. The quantitative estimate of drug-likeness (QED) is 0.361. The highest BCUT2D eigenvalue weighted by atomic mass is 32.3. The average Bonchev–Trinajstić information content (AvgIpc) is 3.28. The van der Waals surface area contributed by atoms with E-state index in [1.165, 1.54) is 23.9 Å². The number of aliphatic hydroxyl groups is 1. The van der Waals surface area contributed by atoms with Gasteiger partial charge in [-0.1, -0.05) is 20.8 Å². The summed E-state index contributed by atoms with van der Waals surface area (Å²) in [6.07, 6.45) is 9.46. The van der Waals surface area contributed by atoms with Gasteiger partial charge in [-0.3, -0.25) is 4.68 Å². The van der Waals surface area contributed by atoms with Gasteiger partial charge in [0, 0.05) is 29.3 Å². The number of nitriles is 1. The SMILES string of the molecule is CC(C)(C)S(C)(C)C.CC(C)OC(=O)N1CCC(n2ncc(COc3ccc(SCCO)cc3F)c2C#N)CC1. The Morgan fingerprint density at radius 2 is 1.90 bits per heavy atom. The number of ether oxygens (including phenoxy) is 2. The first-order valence-electron chi connectivity index (χ1n) is 13.4. The van der Waals surface area contributed by atoms with E-state index in [4.69, 9.17) is 14.6 Å². The van der Waals surface area contributed by atoms with Crippen LogP contribution >= 0.6 is 21.8 Å². The number of benzene rings is 1. The molecule has 1 aromatic heterocycles. The highest BCUT2D eigenvalue weighted by molar-refractivity contribution is 8.33. The smallest absolute Gasteiger partial charge is 0.410 e. The minimum absolute atomic E-state index is 0.0129. The lowest BCUT2D eigenvalue weighted by atomic mass is 10.1. The molecule has 0 radical (unpaired) electrons. The summed E-state index contributed by atoms with van der Waals surface area (Å²) in [5.74, 6) is 0.0776. The maximum atomic E-state index is 14.3. The Labute approximate surface area is 244 Å². The minimum Gasteiger partial charge on any atom is -0.486 e. The van der Waals surface area contributed by atoms with Crippen LogP contribution in [0.15, 0.2) is 29.3 Å². The second kappa shape index (κ2) is 15.0. The van der Waals surface area contributed by atoms with Crippen molar-refractivity contribution in [3.8, 4) is 11.8 Å². The fourth-order valence-electron chi connectivity index (χ4n) is 3.48. The fourth-order valence-corrected chi connectivity index (χ4v) is 4.16. The van der Waals surface area contributed by atoms with Crippen LogP contribution in [0.4, 0.5) is 9.18 Å².